The summed E-state index contributed by atoms with van der Waals surface area (Å²) in [7, 11) is -0.699. The lowest BCUT2D eigenvalue weighted by molar-refractivity contribution is -0.142. The number of nitrogens with zero attached hydrogens (tertiary/aromatic N) is 1. The molecule has 3 aromatic carbocycles. The van der Waals surface area contributed by atoms with Crippen molar-refractivity contribution in [3.05, 3.63) is 77.9 Å². The van der Waals surface area contributed by atoms with Gasteiger partial charge >= 0.3 is 5.97 Å². The van der Waals surface area contributed by atoms with Crippen LogP contribution >= 0.6 is 11.8 Å². The second kappa shape index (κ2) is 12.0. The van der Waals surface area contributed by atoms with Gasteiger partial charge in [0, 0.05) is 41.8 Å². The van der Waals surface area contributed by atoms with Crippen LogP contribution in [0.25, 0.3) is 11.1 Å². The summed E-state index contributed by atoms with van der Waals surface area (Å²) in [4.78, 5) is 12.1. The summed E-state index contributed by atoms with van der Waals surface area (Å²) in [6.45, 7) is 5.02. The Morgan fingerprint density at radius 3 is 2.23 bits per heavy atom. The maximum absolute atomic E-state index is 13.4. The fourth-order valence-electron chi connectivity index (χ4n) is 4.74. The third-order valence-corrected chi connectivity index (χ3v) is 10.1. The van der Waals surface area contributed by atoms with E-state index < -0.39 is 26.8 Å². The Morgan fingerprint density at radius 2 is 1.64 bits per heavy atom. The zero-order valence-electron chi connectivity index (χ0n) is 22.5. The van der Waals surface area contributed by atoms with Crippen LogP contribution < -0.4 is 14.8 Å². The Kier molecular flexibility index (Phi) is 8.90. The van der Waals surface area contributed by atoms with Gasteiger partial charge in [-0.1, -0.05) is 42.5 Å². The molecule has 0 spiro atoms. The van der Waals surface area contributed by atoms with Crippen molar-refractivity contribution in [2.24, 2.45) is 0 Å². The summed E-state index contributed by atoms with van der Waals surface area (Å²) in [6.07, 6.45) is 0. The summed E-state index contributed by atoms with van der Waals surface area (Å²) in [6, 6.07) is 19.3. The third kappa shape index (κ3) is 6.41. The third-order valence-electron chi connectivity index (χ3n) is 6.85. The zero-order valence-corrected chi connectivity index (χ0v) is 24.1. The molecule has 10 heteroatoms. The van der Waals surface area contributed by atoms with Crippen LogP contribution in [0.3, 0.4) is 0 Å². The number of sulfonamides is 1. The van der Waals surface area contributed by atoms with Crippen LogP contribution in [0.5, 0.6) is 11.5 Å². The molecule has 0 aromatic heterocycles. The van der Waals surface area contributed by atoms with Crippen molar-refractivity contribution in [3.8, 4) is 22.6 Å². The molecule has 1 atom stereocenters. The first-order valence-electron chi connectivity index (χ1n) is 12.6. The zero-order chi connectivity index (χ0) is 28.2. The predicted octanol–water partition coefficient (Wildman–Crippen LogP) is 4.63. The molecule has 1 saturated heterocycles. The number of ether oxygens (including phenoxy) is 2. The quantitative estimate of drug-likeness (QED) is 0.364. The minimum Gasteiger partial charge on any atom is -0.497 e. The van der Waals surface area contributed by atoms with Gasteiger partial charge in [-0.05, 0) is 48.7 Å². The van der Waals surface area contributed by atoms with Crippen molar-refractivity contribution in [1.29, 1.82) is 0 Å². The van der Waals surface area contributed by atoms with Gasteiger partial charge < -0.3 is 19.9 Å². The predicted molar refractivity (Wildman–Crippen MR) is 154 cm³/mol. The Morgan fingerprint density at radius 1 is 1.00 bits per heavy atom. The fraction of sp³-hybridized carbons (Fsp3) is 0.345. The summed E-state index contributed by atoms with van der Waals surface area (Å²) >= 11 is 1.48. The molecule has 1 fully saturated rings. The number of carbonyl (C=O) groups is 1. The lowest BCUT2D eigenvalue weighted by Crippen LogP contribution is -2.58. The van der Waals surface area contributed by atoms with Crippen molar-refractivity contribution < 1.29 is 27.8 Å². The number of aliphatic carboxylic acids is 1. The Hall–Kier alpha value is -3.05. The van der Waals surface area contributed by atoms with Crippen molar-refractivity contribution in [3.63, 3.8) is 0 Å². The minimum atomic E-state index is -3.96. The molecule has 3 aromatic rings. The van der Waals surface area contributed by atoms with Gasteiger partial charge in [0.15, 0.2) is 0 Å². The normalized spacial score (nSPS) is 17.5. The second-order valence-electron chi connectivity index (χ2n) is 9.81. The van der Waals surface area contributed by atoms with Gasteiger partial charge in [0.2, 0.25) is 10.0 Å². The number of methoxy groups -OCH3 is 2. The molecule has 1 heterocycles. The van der Waals surface area contributed by atoms with Gasteiger partial charge in [-0.15, -0.1) is 0 Å². The van der Waals surface area contributed by atoms with E-state index in [0.717, 1.165) is 38.1 Å². The number of hydrogen-bond acceptors (Lipinski definition) is 7. The van der Waals surface area contributed by atoms with E-state index in [4.69, 9.17) is 9.47 Å². The maximum Gasteiger partial charge on any atom is 0.323 e. The number of thioether (sulfide) groups is 1. The van der Waals surface area contributed by atoms with E-state index >= 15 is 0 Å². The number of benzene rings is 3. The highest BCUT2D eigenvalue weighted by Gasteiger charge is 2.48. The summed E-state index contributed by atoms with van der Waals surface area (Å²) in [5, 5.41) is 13.2. The summed E-state index contributed by atoms with van der Waals surface area (Å²) in [5.74, 6) is 0.924. The van der Waals surface area contributed by atoms with Gasteiger partial charge in [-0.3, -0.25) is 4.79 Å². The molecular formula is C29H34N2O6S2. The van der Waals surface area contributed by atoms with Crippen LogP contribution in [-0.4, -0.2) is 61.1 Å². The van der Waals surface area contributed by atoms with Crippen molar-refractivity contribution in [2.75, 3.05) is 26.5 Å². The van der Waals surface area contributed by atoms with Gasteiger partial charge in [-0.25, -0.2) is 8.42 Å². The number of carboxylic acids is 1. The van der Waals surface area contributed by atoms with Crippen LogP contribution in [0, 0.1) is 0 Å². The van der Waals surface area contributed by atoms with Crippen molar-refractivity contribution in [2.45, 2.75) is 42.6 Å². The molecule has 0 saturated carbocycles. The van der Waals surface area contributed by atoms with Crippen LogP contribution in [0.1, 0.15) is 25.0 Å². The number of nitrogens with one attached hydrogen (secondary N) is 1. The van der Waals surface area contributed by atoms with Gasteiger partial charge in [0.25, 0.3) is 0 Å². The first kappa shape index (κ1) is 28.9. The highest BCUT2D eigenvalue weighted by molar-refractivity contribution is 8.00. The average molecular weight is 571 g/mol. The molecule has 0 aliphatic carbocycles. The van der Waals surface area contributed by atoms with Crippen molar-refractivity contribution in [1.82, 2.24) is 9.62 Å². The smallest absolute Gasteiger partial charge is 0.323 e. The Labute approximate surface area is 234 Å². The Bertz CT molecular complexity index is 1410. The van der Waals surface area contributed by atoms with Crippen LogP contribution in [0.4, 0.5) is 0 Å². The molecule has 4 rings (SSSR count). The first-order valence-corrected chi connectivity index (χ1v) is 15.0. The van der Waals surface area contributed by atoms with E-state index in [1.54, 1.807) is 52.3 Å². The van der Waals surface area contributed by atoms with E-state index in [0.29, 0.717) is 18.8 Å². The number of carboxylic acid groups (broad SMARTS) is 1. The average Bonchev–Trinajstić information content (AvgIpc) is 2.92. The topological polar surface area (TPSA) is 105 Å². The first-order chi connectivity index (χ1) is 18.6. The fourth-order valence-corrected chi connectivity index (χ4v) is 7.84. The molecule has 0 amide bonds. The SMILES string of the molecule is COc1ccc(CNCc2ccc(-c3ccc(S(=O)(=O)N4CCSC(C)(C)[C@@H]4C(=O)O)cc3)cc2)c(OC)c1. The molecular weight excluding hydrogens is 536 g/mol. The number of rotatable bonds is 10. The molecule has 8 nitrogen and oxygen atoms in total. The summed E-state index contributed by atoms with van der Waals surface area (Å²) in [5.41, 5.74) is 3.97. The maximum atomic E-state index is 13.4. The second-order valence-corrected chi connectivity index (χ2v) is 13.5. The van der Waals surface area contributed by atoms with Crippen molar-refractivity contribution >= 4 is 27.8 Å². The standard InChI is InChI=1S/C29H34N2O6S2/c1-29(2)27(28(32)33)31(15-16-38-29)39(34,35)25-13-10-22(11-14-25)21-7-5-20(6-8-21)18-30-19-23-9-12-24(36-3)17-26(23)37-4/h5-14,17,27,30H,15-16,18-19H2,1-4H3,(H,32,33)/t27-/m0/s1. The highest BCUT2D eigenvalue weighted by atomic mass is 32.2. The summed E-state index contributed by atoms with van der Waals surface area (Å²) < 4.78 is 37.9. The van der Waals surface area contributed by atoms with E-state index in [1.165, 1.54) is 11.8 Å². The lowest BCUT2D eigenvalue weighted by Gasteiger charge is -2.42. The van der Waals surface area contributed by atoms with Crippen LogP contribution in [0.15, 0.2) is 71.6 Å². The number of hydrogen-bond donors (Lipinski definition) is 2. The van der Waals surface area contributed by atoms with Crippen LogP contribution in [0.2, 0.25) is 0 Å². The molecule has 0 bridgehead atoms. The molecule has 0 radical (unpaired) electrons. The monoisotopic (exact) mass is 570 g/mol. The van der Waals surface area contributed by atoms with E-state index in [2.05, 4.69) is 5.32 Å². The molecule has 1 aliphatic heterocycles. The van der Waals surface area contributed by atoms with Gasteiger partial charge in [0.05, 0.1) is 19.1 Å². The van der Waals surface area contributed by atoms with E-state index in [-0.39, 0.29) is 11.4 Å². The van der Waals surface area contributed by atoms with Gasteiger partial charge in [-0.2, -0.15) is 16.1 Å². The molecule has 1 aliphatic rings. The van der Waals surface area contributed by atoms with Crippen LogP contribution in [-0.2, 0) is 27.9 Å². The lowest BCUT2D eigenvalue weighted by atomic mass is 10.0. The van der Waals surface area contributed by atoms with E-state index in [1.807, 2.05) is 42.5 Å². The molecule has 0 unspecified atom stereocenters. The largest absolute Gasteiger partial charge is 0.497 e. The molecule has 39 heavy (non-hydrogen) atoms. The van der Waals surface area contributed by atoms with E-state index in [9.17, 15) is 18.3 Å². The minimum absolute atomic E-state index is 0.0926. The molecule has 208 valence electrons. The molecule has 2 N–H and O–H groups in total. The van der Waals surface area contributed by atoms with Gasteiger partial charge in [0.1, 0.15) is 17.5 Å². The Balaban J connectivity index is 1.42. The highest BCUT2D eigenvalue weighted by Crippen LogP contribution is 2.38.